The number of hydrogen-bond acceptors (Lipinski definition) is 4. The Balaban J connectivity index is 1.73. The molecule has 0 saturated carbocycles. The van der Waals surface area contributed by atoms with E-state index in [1.807, 2.05) is 0 Å². The van der Waals surface area contributed by atoms with E-state index in [-0.39, 0.29) is 5.97 Å². The van der Waals surface area contributed by atoms with Gasteiger partial charge in [-0.05, 0) is 38.1 Å². The molecule has 1 fully saturated rings. The van der Waals surface area contributed by atoms with Gasteiger partial charge in [0.1, 0.15) is 0 Å². The number of hydrogen-bond donors (Lipinski definition) is 0. The highest BCUT2D eigenvalue weighted by molar-refractivity contribution is 5.71. The van der Waals surface area contributed by atoms with Crippen molar-refractivity contribution in [3.05, 3.63) is 12.2 Å². The van der Waals surface area contributed by atoms with Crippen molar-refractivity contribution >= 4 is 5.97 Å². The molecule has 0 amide bonds. The molecular weight excluding hydrogens is 240 g/mol. The summed E-state index contributed by atoms with van der Waals surface area (Å²) in [6.45, 7) is 5.90. The lowest BCUT2D eigenvalue weighted by Crippen LogP contribution is -2.36. The van der Waals surface area contributed by atoms with E-state index in [9.17, 15) is 4.79 Å². The summed E-state index contributed by atoms with van der Waals surface area (Å²) in [5.74, 6) is 0.711. The maximum Gasteiger partial charge on any atom is 0.319 e. The van der Waals surface area contributed by atoms with E-state index in [4.69, 9.17) is 4.74 Å². The molecule has 0 bridgehead atoms. The number of allylic oxidation sites excluding steroid dienone is 2. The molecule has 0 aromatic rings. The molecule has 1 aliphatic carbocycles. The van der Waals surface area contributed by atoms with E-state index < -0.39 is 0 Å². The minimum absolute atomic E-state index is 0.120. The second-order valence-corrected chi connectivity index (χ2v) is 5.66. The molecule has 2 rings (SSSR count). The van der Waals surface area contributed by atoms with Gasteiger partial charge in [-0.3, -0.25) is 9.69 Å². The van der Waals surface area contributed by atoms with Crippen LogP contribution in [-0.2, 0) is 9.53 Å². The highest BCUT2D eigenvalue weighted by atomic mass is 16.5. The monoisotopic (exact) mass is 266 g/mol. The number of esters is 1. The number of rotatable bonds is 4. The van der Waals surface area contributed by atoms with Gasteiger partial charge < -0.3 is 9.64 Å². The molecule has 0 aromatic carbocycles. The van der Waals surface area contributed by atoms with Crippen LogP contribution in [0.2, 0.25) is 0 Å². The Morgan fingerprint density at radius 2 is 2.00 bits per heavy atom. The summed E-state index contributed by atoms with van der Waals surface area (Å²) in [6.07, 6.45) is 9.60. The Labute approximate surface area is 116 Å². The summed E-state index contributed by atoms with van der Waals surface area (Å²) in [5.41, 5.74) is 0. The molecule has 1 atom stereocenters. The molecule has 2 aliphatic rings. The highest BCUT2D eigenvalue weighted by Crippen LogP contribution is 2.19. The second-order valence-electron chi connectivity index (χ2n) is 5.66. The van der Waals surface area contributed by atoms with Gasteiger partial charge in [0.2, 0.25) is 0 Å². The van der Waals surface area contributed by atoms with Crippen molar-refractivity contribution < 1.29 is 9.53 Å². The molecule has 1 heterocycles. The molecule has 1 unspecified atom stereocenters. The van der Waals surface area contributed by atoms with Crippen LogP contribution in [0.5, 0.6) is 0 Å². The molecule has 19 heavy (non-hydrogen) atoms. The Hall–Kier alpha value is -0.870. The first-order valence-electron chi connectivity index (χ1n) is 7.44. The second kappa shape index (κ2) is 7.65. The predicted molar refractivity (Wildman–Crippen MR) is 76.0 cm³/mol. The topological polar surface area (TPSA) is 32.8 Å². The van der Waals surface area contributed by atoms with Gasteiger partial charge in [-0.2, -0.15) is 0 Å². The minimum Gasteiger partial charge on any atom is -0.468 e. The molecular formula is C15H26N2O2. The van der Waals surface area contributed by atoms with Gasteiger partial charge in [0.05, 0.1) is 13.7 Å². The summed E-state index contributed by atoms with van der Waals surface area (Å²) in [6, 6.07) is 0. The molecule has 0 N–H and O–H groups in total. The predicted octanol–water partition coefficient (Wildman–Crippen LogP) is 1.52. The van der Waals surface area contributed by atoms with Crippen molar-refractivity contribution in [1.29, 1.82) is 0 Å². The third-order valence-electron chi connectivity index (χ3n) is 4.16. The zero-order valence-electron chi connectivity index (χ0n) is 12.0. The molecule has 1 aliphatic heterocycles. The maximum atomic E-state index is 11.3. The van der Waals surface area contributed by atoms with Crippen molar-refractivity contribution in [1.82, 2.24) is 9.80 Å². The van der Waals surface area contributed by atoms with E-state index in [0.29, 0.717) is 6.54 Å². The Kier molecular flexibility index (Phi) is 5.86. The average molecular weight is 266 g/mol. The van der Waals surface area contributed by atoms with Crippen LogP contribution in [-0.4, -0.2) is 62.1 Å². The van der Waals surface area contributed by atoms with Gasteiger partial charge in [-0.15, -0.1) is 0 Å². The number of carbonyl (C=O) groups excluding carboxylic acids is 1. The lowest BCUT2D eigenvalue weighted by Gasteiger charge is -2.27. The lowest BCUT2D eigenvalue weighted by molar-refractivity contribution is -0.141. The van der Waals surface area contributed by atoms with Crippen LogP contribution in [0.15, 0.2) is 12.2 Å². The summed E-state index contributed by atoms with van der Waals surface area (Å²) in [5, 5.41) is 0. The largest absolute Gasteiger partial charge is 0.468 e. The first-order chi connectivity index (χ1) is 9.28. The van der Waals surface area contributed by atoms with E-state index in [1.54, 1.807) is 0 Å². The standard InChI is InChI=1S/C15H26N2O2/c1-19-15(18)13-17-9-5-8-16(10-11-17)12-14-6-3-2-4-7-14/h2-3,14H,4-13H2,1H3. The number of methoxy groups -OCH3 is 1. The van der Waals surface area contributed by atoms with E-state index >= 15 is 0 Å². The highest BCUT2D eigenvalue weighted by Gasteiger charge is 2.20. The molecule has 108 valence electrons. The third-order valence-corrected chi connectivity index (χ3v) is 4.16. The number of carbonyl (C=O) groups is 1. The molecule has 4 nitrogen and oxygen atoms in total. The van der Waals surface area contributed by atoms with Crippen molar-refractivity contribution in [3.8, 4) is 0 Å². The zero-order valence-corrected chi connectivity index (χ0v) is 12.0. The van der Waals surface area contributed by atoms with Crippen LogP contribution < -0.4 is 0 Å². The van der Waals surface area contributed by atoms with Crippen molar-refractivity contribution in [3.63, 3.8) is 0 Å². The van der Waals surface area contributed by atoms with E-state index in [1.165, 1.54) is 32.9 Å². The summed E-state index contributed by atoms with van der Waals surface area (Å²) in [7, 11) is 1.46. The fourth-order valence-corrected chi connectivity index (χ4v) is 3.00. The first-order valence-corrected chi connectivity index (χ1v) is 7.44. The van der Waals surface area contributed by atoms with E-state index in [2.05, 4.69) is 22.0 Å². The fraction of sp³-hybridized carbons (Fsp3) is 0.800. The molecule has 0 spiro atoms. The minimum atomic E-state index is -0.120. The van der Waals surface area contributed by atoms with Crippen LogP contribution in [0.4, 0.5) is 0 Å². The van der Waals surface area contributed by atoms with Gasteiger partial charge in [-0.1, -0.05) is 12.2 Å². The van der Waals surface area contributed by atoms with Gasteiger partial charge in [0.25, 0.3) is 0 Å². The summed E-state index contributed by atoms with van der Waals surface area (Å²) in [4.78, 5) is 16.1. The quantitative estimate of drug-likeness (QED) is 0.570. The number of ether oxygens (including phenoxy) is 1. The lowest BCUT2D eigenvalue weighted by atomic mass is 9.94. The van der Waals surface area contributed by atoms with Gasteiger partial charge in [0.15, 0.2) is 0 Å². The molecule has 4 heteroatoms. The Morgan fingerprint density at radius 3 is 2.74 bits per heavy atom. The van der Waals surface area contributed by atoms with Crippen LogP contribution in [0.1, 0.15) is 25.7 Å². The molecule has 0 aromatic heterocycles. The normalized spacial score (nSPS) is 26.1. The fourth-order valence-electron chi connectivity index (χ4n) is 3.00. The number of nitrogens with zero attached hydrogens (tertiary/aromatic N) is 2. The smallest absolute Gasteiger partial charge is 0.319 e. The van der Waals surface area contributed by atoms with Gasteiger partial charge in [-0.25, -0.2) is 0 Å². The van der Waals surface area contributed by atoms with Crippen LogP contribution in [0.3, 0.4) is 0 Å². The molecule has 0 radical (unpaired) electrons. The van der Waals surface area contributed by atoms with Crippen molar-refractivity contribution in [2.45, 2.75) is 25.7 Å². The van der Waals surface area contributed by atoms with Gasteiger partial charge >= 0.3 is 5.97 Å². The average Bonchev–Trinajstić information content (AvgIpc) is 2.65. The van der Waals surface area contributed by atoms with Crippen LogP contribution in [0, 0.1) is 5.92 Å². The van der Waals surface area contributed by atoms with Crippen molar-refractivity contribution in [2.24, 2.45) is 5.92 Å². The summed E-state index contributed by atoms with van der Waals surface area (Å²) >= 11 is 0. The Bertz CT molecular complexity index is 317. The first kappa shape index (κ1) is 14.5. The summed E-state index contributed by atoms with van der Waals surface area (Å²) < 4.78 is 4.74. The SMILES string of the molecule is COC(=O)CN1CCCN(CC2CC=CCC2)CC1. The molecule has 1 saturated heterocycles. The van der Waals surface area contributed by atoms with E-state index in [0.717, 1.165) is 38.5 Å². The maximum absolute atomic E-state index is 11.3. The third kappa shape index (κ3) is 4.96. The van der Waals surface area contributed by atoms with Crippen molar-refractivity contribution in [2.75, 3.05) is 46.4 Å². The van der Waals surface area contributed by atoms with Crippen LogP contribution >= 0.6 is 0 Å². The zero-order chi connectivity index (χ0) is 13.5. The van der Waals surface area contributed by atoms with Crippen LogP contribution in [0.25, 0.3) is 0 Å². The van der Waals surface area contributed by atoms with Gasteiger partial charge in [0, 0.05) is 26.2 Å². The Morgan fingerprint density at radius 1 is 1.21 bits per heavy atom.